The van der Waals surface area contributed by atoms with Crippen LogP contribution in [0.2, 0.25) is 0 Å². The first-order valence-corrected chi connectivity index (χ1v) is 7.27. The molecule has 0 fully saturated rings. The number of methoxy groups -OCH3 is 2. The van der Waals surface area contributed by atoms with Crippen LogP contribution in [0.15, 0.2) is 30.6 Å². The van der Waals surface area contributed by atoms with Crippen molar-refractivity contribution >= 4 is 17.4 Å². The molecule has 1 amide bonds. The summed E-state index contributed by atoms with van der Waals surface area (Å²) in [6.45, 7) is 2.83. The number of carbonyl (C=O) groups is 1. The zero-order chi connectivity index (χ0) is 16.7. The van der Waals surface area contributed by atoms with E-state index in [0.717, 1.165) is 13.0 Å². The van der Waals surface area contributed by atoms with Crippen molar-refractivity contribution in [3.63, 3.8) is 0 Å². The maximum Gasteiger partial charge on any atom is 0.274 e. The molecule has 1 aromatic heterocycles. The second kappa shape index (κ2) is 7.98. The molecule has 0 aliphatic carbocycles. The summed E-state index contributed by atoms with van der Waals surface area (Å²) in [5, 5.41) is 5.89. The zero-order valence-corrected chi connectivity index (χ0v) is 13.4. The van der Waals surface area contributed by atoms with Crippen LogP contribution >= 0.6 is 0 Å². The Morgan fingerprint density at radius 1 is 1.17 bits per heavy atom. The highest BCUT2D eigenvalue weighted by Gasteiger charge is 2.13. The Morgan fingerprint density at radius 2 is 2.00 bits per heavy atom. The Hall–Kier alpha value is -2.83. The van der Waals surface area contributed by atoms with E-state index in [4.69, 9.17) is 9.47 Å². The van der Waals surface area contributed by atoms with E-state index in [1.54, 1.807) is 31.4 Å². The minimum absolute atomic E-state index is 0.267. The van der Waals surface area contributed by atoms with Crippen LogP contribution in [0.4, 0.5) is 11.5 Å². The Bertz CT molecular complexity index is 676. The van der Waals surface area contributed by atoms with Gasteiger partial charge in [-0.3, -0.25) is 4.79 Å². The van der Waals surface area contributed by atoms with Gasteiger partial charge in [-0.15, -0.1) is 0 Å². The average Bonchev–Trinajstić information content (AvgIpc) is 2.60. The summed E-state index contributed by atoms with van der Waals surface area (Å²) < 4.78 is 10.4. The van der Waals surface area contributed by atoms with E-state index in [2.05, 4.69) is 27.5 Å². The highest BCUT2D eigenvalue weighted by atomic mass is 16.5. The van der Waals surface area contributed by atoms with Crippen molar-refractivity contribution in [2.24, 2.45) is 0 Å². The molecule has 2 rings (SSSR count). The second-order valence-electron chi connectivity index (χ2n) is 4.74. The Kier molecular flexibility index (Phi) is 5.74. The zero-order valence-electron chi connectivity index (χ0n) is 13.4. The minimum atomic E-state index is -0.349. The lowest BCUT2D eigenvalue weighted by Gasteiger charge is -2.12. The van der Waals surface area contributed by atoms with E-state index in [1.165, 1.54) is 13.4 Å². The standard InChI is InChI=1S/C16H20N4O3/c1-4-7-17-15-9-13(18-10-19-15)16(21)20-12-8-11(22-2)5-6-14(12)23-3/h5-6,8-10H,4,7H2,1-3H3,(H,20,21)(H,17,18,19). The van der Waals surface area contributed by atoms with Crippen LogP contribution in [0.25, 0.3) is 0 Å². The first-order chi connectivity index (χ1) is 11.2. The molecule has 2 N–H and O–H groups in total. The van der Waals surface area contributed by atoms with Gasteiger partial charge < -0.3 is 20.1 Å². The summed E-state index contributed by atoms with van der Waals surface area (Å²) in [4.78, 5) is 20.5. The summed E-state index contributed by atoms with van der Waals surface area (Å²) in [6, 6.07) is 6.78. The van der Waals surface area contributed by atoms with E-state index in [-0.39, 0.29) is 11.6 Å². The average molecular weight is 316 g/mol. The number of nitrogens with zero attached hydrogens (tertiary/aromatic N) is 2. The lowest BCUT2D eigenvalue weighted by molar-refractivity contribution is 0.102. The van der Waals surface area contributed by atoms with Crippen LogP contribution in [0.5, 0.6) is 11.5 Å². The van der Waals surface area contributed by atoms with Crippen LogP contribution in [-0.2, 0) is 0 Å². The SMILES string of the molecule is CCCNc1cc(C(=O)Nc2cc(OC)ccc2OC)ncn1. The highest BCUT2D eigenvalue weighted by molar-refractivity contribution is 6.04. The molecular formula is C16H20N4O3. The van der Waals surface area contributed by atoms with Gasteiger partial charge in [0, 0.05) is 18.7 Å². The third-order valence-electron chi connectivity index (χ3n) is 3.11. The third-order valence-corrected chi connectivity index (χ3v) is 3.11. The van der Waals surface area contributed by atoms with E-state index >= 15 is 0 Å². The molecule has 0 aliphatic heterocycles. The predicted molar refractivity (Wildman–Crippen MR) is 88.3 cm³/mol. The highest BCUT2D eigenvalue weighted by Crippen LogP contribution is 2.29. The molecule has 0 aliphatic rings. The fraction of sp³-hybridized carbons (Fsp3) is 0.312. The second-order valence-corrected chi connectivity index (χ2v) is 4.74. The van der Waals surface area contributed by atoms with Crippen molar-refractivity contribution in [2.45, 2.75) is 13.3 Å². The van der Waals surface area contributed by atoms with Gasteiger partial charge in [0.15, 0.2) is 0 Å². The van der Waals surface area contributed by atoms with Crippen molar-refractivity contribution in [3.8, 4) is 11.5 Å². The molecule has 0 bridgehead atoms. The van der Waals surface area contributed by atoms with Crippen molar-refractivity contribution in [1.29, 1.82) is 0 Å². The predicted octanol–water partition coefficient (Wildman–Crippen LogP) is 2.57. The quantitative estimate of drug-likeness (QED) is 0.816. The number of rotatable bonds is 7. The molecule has 23 heavy (non-hydrogen) atoms. The Morgan fingerprint density at radius 3 is 2.70 bits per heavy atom. The van der Waals surface area contributed by atoms with Gasteiger partial charge in [-0.25, -0.2) is 9.97 Å². The first-order valence-electron chi connectivity index (χ1n) is 7.27. The number of hydrogen-bond acceptors (Lipinski definition) is 6. The van der Waals surface area contributed by atoms with Crippen LogP contribution in [-0.4, -0.2) is 36.6 Å². The maximum atomic E-state index is 12.4. The van der Waals surface area contributed by atoms with Gasteiger partial charge in [0.25, 0.3) is 5.91 Å². The number of nitrogens with one attached hydrogen (secondary N) is 2. The minimum Gasteiger partial charge on any atom is -0.497 e. The number of carbonyl (C=O) groups excluding carboxylic acids is 1. The van der Waals surface area contributed by atoms with Crippen LogP contribution < -0.4 is 20.1 Å². The molecule has 0 atom stereocenters. The summed E-state index contributed by atoms with van der Waals surface area (Å²) in [7, 11) is 3.10. The van der Waals surface area contributed by atoms with E-state index in [1.807, 2.05) is 0 Å². The molecule has 0 spiro atoms. The van der Waals surface area contributed by atoms with E-state index in [0.29, 0.717) is 23.0 Å². The molecule has 0 saturated carbocycles. The topological polar surface area (TPSA) is 85.4 Å². The summed E-state index contributed by atoms with van der Waals surface area (Å²) in [6.07, 6.45) is 2.32. The van der Waals surface area contributed by atoms with Gasteiger partial charge in [-0.1, -0.05) is 6.92 Å². The lowest BCUT2D eigenvalue weighted by Crippen LogP contribution is -2.15. The molecule has 1 aromatic carbocycles. The first kappa shape index (κ1) is 16.5. The summed E-state index contributed by atoms with van der Waals surface area (Å²) in [5.74, 6) is 1.43. The van der Waals surface area contributed by atoms with Gasteiger partial charge in [0.2, 0.25) is 0 Å². The molecular weight excluding hydrogens is 296 g/mol. The fourth-order valence-electron chi connectivity index (χ4n) is 1.93. The van der Waals surface area contributed by atoms with Crippen LogP contribution in [0, 0.1) is 0 Å². The van der Waals surface area contributed by atoms with Crippen molar-refractivity contribution in [3.05, 3.63) is 36.3 Å². The summed E-state index contributed by atoms with van der Waals surface area (Å²) in [5.41, 5.74) is 0.780. The molecule has 0 saturated heterocycles. The fourth-order valence-corrected chi connectivity index (χ4v) is 1.93. The molecule has 1 heterocycles. The number of hydrogen-bond donors (Lipinski definition) is 2. The molecule has 0 radical (unpaired) electrons. The normalized spacial score (nSPS) is 10.0. The largest absolute Gasteiger partial charge is 0.497 e. The molecule has 122 valence electrons. The molecule has 2 aromatic rings. The van der Waals surface area contributed by atoms with Crippen molar-refractivity contribution in [2.75, 3.05) is 31.4 Å². The number of anilines is 2. The van der Waals surface area contributed by atoms with Crippen molar-refractivity contribution in [1.82, 2.24) is 9.97 Å². The number of amides is 1. The number of benzene rings is 1. The van der Waals surface area contributed by atoms with E-state index in [9.17, 15) is 4.79 Å². The van der Waals surface area contributed by atoms with Crippen LogP contribution in [0.1, 0.15) is 23.8 Å². The van der Waals surface area contributed by atoms with Crippen LogP contribution in [0.3, 0.4) is 0 Å². The molecule has 7 heteroatoms. The smallest absolute Gasteiger partial charge is 0.274 e. The van der Waals surface area contributed by atoms with Gasteiger partial charge >= 0.3 is 0 Å². The van der Waals surface area contributed by atoms with Gasteiger partial charge in [-0.05, 0) is 18.6 Å². The van der Waals surface area contributed by atoms with Gasteiger partial charge in [0.05, 0.1) is 19.9 Å². The van der Waals surface area contributed by atoms with Gasteiger partial charge in [0.1, 0.15) is 29.3 Å². The Balaban J connectivity index is 2.18. The maximum absolute atomic E-state index is 12.4. The molecule has 0 unspecified atom stereocenters. The monoisotopic (exact) mass is 316 g/mol. The third kappa shape index (κ3) is 4.32. The number of aromatic nitrogens is 2. The Labute approximate surface area is 135 Å². The summed E-state index contributed by atoms with van der Waals surface area (Å²) >= 11 is 0. The van der Waals surface area contributed by atoms with Gasteiger partial charge in [-0.2, -0.15) is 0 Å². The number of ether oxygens (including phenoxy) is 2. The molecule has 7 nitrogen and oxygen atoms in total. The lowest BCUT2D eigenvalue weighted by atomic mass is 10.2. The van der Waals surface area contributed by atoms with E-state index < -0.39 is 0 Å². The van der Waals surface area contributed by atoms with Crippen molar-refractivity contribution < 1.29 is 14.3 Å².